The highest BCUT2D eigenvalue weighted by molar-refractivity contribution is 7.13. The topological polar surface area (TPSA) is 102 Å². The lowest BCUT2D eigenvalue weighted by molar-refractivity contribution is -0.143. The van der Waals surface area contributed by atoms with Crippen molar-refractivity contribution in [2.45, 2.75) is 6.04 Å². The number of nitrogens with one attached hydrogen (secondary N) is 1. The van der Waals surface area contributed by atoms with Crippen LogP contribution in [-0.4, -0.2) is 41.9 Å². The van der Waals surface area contributed by atoms with E-state index in [0.29, 0.717) is 5.76 Å². The number of amides is 1. The van der Waals surface area contributed by atoms with Gasteiger partial charge in [0.25, 0.3) is 5.91 Å². The molecule has 0 aromatic carbocycles. The molecule has 7 nitrogen and oxygen atoms in total. The van der Waals surface area contributed by atoms with Crippen molar-refractivity contribution in [3.63, 3.8) is 0 Å². The number of aliphatic hydroxyl groups is 1. The highest BCUT2D eigenvalue weighted by Crippen LogP contribution is 2.25. The van der Waals surface area contributed by atoms with Gasteiger partial charge in [-0.25, -0.2) is 4.79 Å². The molecule has 0 saturated heterocycles. The van der Waals surface area contributed by atoms with Gasteiger partial charge in [-0.1, -0.05) is 11.2 Å². The molecule has 1 amide bonds. The van der Waals surface area contributed by atoms with Gasteiger partial charge in [-0.3, -0.25) is 4.79 Å². The molecule has 8 heteroatoms. The Hall–Kier alpha value is -2.19. The lowest BCUT2D eigenvalue weighted by Gasteiger charge is -2.12. The molecular weight excluding hydrogens is 284 g/mol. The van der Waals surface area contributed by atoms with E-state index in [9.17, 15) is 9.59 Å². The Morgan fingerprint density at radius 1 is 1.60 bits per heavy atom. The molecule has 0 aliphatic heterocycles. The minimum absolute atomic E-state index is 0.0238. The summed E-state index contributed by atoms with van der Waals surface area (Å²) in [5.41, 5.74) is 0.0238. The second-order valence-electron chi connectivity index (χ2n) is 3.79. The molecule has 2 rings (SSSR count). The summed E-state index contributed by atoms with van der Waals surface area (Å²) in [6.07, 6.45) is 0. The second kappa shape index (κ2) is 6.31. The summed E-state index contributed by atoms with van der Waals surface area (Å²) in [5, 5.41) is 16.8. The van der Waals surface area contributed by atoms with E-state index in [0.717, 1.165) is 4.88 Å². The smallest absolute Gasteiger partial charge is 0.330 e. The maximum Gasteiger partial charge on any atom is 0.330 e. The largest absolute Gasteiger partial charge is 0.467 e. The van der Waals surface area contributed by atoms with Gasteiger partial charge in [0.05, 0.1) is 18.6 Å². The number of carbonyl (C=O) groups excluding carboxylic acids is 2. The third-order valence-electron chi connectivity index (χ3n) is 2.48. The molecule has 0 saturated carbocycles. The molecule has 0 bridgehead atoms. The second-order valence-corrected chi connectivity index (χ2v) is 4.73. The molecular formula is C12H12N2O5S. The van der Waals surface area contributed by atoms with E-state index in [2.05, 4.69) is 15.2 Å². The minimum atomic E-state index is -1.13. The van der Waals surface area contributed by atoms with Gasteiger partial charge < -0.3 is 19.7 Å². The highest BCUT2D eigenvalue weighted by atomic mass is 32.1. The van der Waals surface area contributed by atoms with Crippen LogP contribution in [0.1, 0.15) is 10.5 Å². The molecule has 2 aromatic heterocycles. The van der Waals surface area contributed by atoms with E-state index in [1.54, 1.807) is 0 Å². The Labute approximate surface area is 118 Å². The number of hydrogen-bond acceptors (Lipinski definition) is 7. The molecule has 1 atom stereocenters. The Morgan fingerprint density at radius 2 is 2.40 bits per heavy atom. The van der Waals surface area contributed by atoms with Crippen molar-refractivity contribution in [2.75, 3.05) is 13.7 Å². The monoisotopic (exact) mass is 296 g/mol. The summed E-state index contributed by atoms with van der Waals surface area (Å²) in [6, 6.07) is 4.01. The van der Waals surface area contributed by atoms with Crippen LogP contribution in [0.2, 0.25) is 0 Å². The zero-order chi connectivity index (χ0) is 14.5. The zero-order valence-corrected chi connectivity index (χ0v) is 11.3. The molecule has 2 N–H and O–H groups in total. The number of ether oxygens (including phenoxy) is 1. The SMILES string of the molecule is COC(=O)C(CO)NC(=O)c1cc(-c2cccs2)on1. The summed E-state index contributed by atoms with van der Waals surface area (Å²) >= 11 is 1.45. The molecule has 1 unspecified atom stereocenters. The number of aromatic nitrogens is 1. The maximum atomic E-state index is 11.9. The lowest BCUT2D eigenvalue weighted by atomic mass is 10.2. The molecule has 20 heavy (non-hydrogen) atoms. The molecule has 0 spiro atoms. The number of hydrogen-bond donors (Lipinski definition) is 2. The zero-order valence-electron chi connectivity index (χ0n) is 10.5. The number of carbonyl (C=O) groups is 2. The van der Waals surface area contributed by atoms with Gasteiger partial charge in [0.2, 0.25) is 0 Å². The molecule has 0 fully saturated rings. The fourth-order valence-corrected chi connectivity index (χ4v) is 2.14. The van der Waals surface area contributed by atoms with Crippen LogP contribution in [0.5, 0.6) is 0 Å². The van der Waals surface area contributed by atoms with Crippen molar-refractivity contribution >= 4 is 23.2 Å². The molecule has 2 heterocycles. The van der Waals surface area contributed by atoms with Crippen molar-refractivity contribution in [2.24, 2.45) is 0 Å². The normalized spacial score (nSPS) is 11.9. The predicted molar refractivity (Wildman–Crippen MR) is 70.2 cm³/mol. The van der Waals surface area contributed by atoms with Crippen LogP contribution in [0.3, 0.4) is 0 Å². The van der Waals surface area contributed by atoms with Gasteiger partial charge in [0, 0.05) is 6.07 Å². The number of thiophene rings is 1. The standard InChI is InChI=1S/C12H12N2O5S/c1-18-12(17)8(6-15)13-11(16)7-5-9(19-14-7)10-3-2-4-20-10/h2-5,8,15H,6H2,1H3,(H,13,16). The predicted octanol–water partition coefficient (Wildman–Crippen LogP) is 0.667. The van der Waals surface area contributed by atoms with Gasteiger partial charge in [-0.2, -0.15) is 0 Å². The Kier molecular flexibility index (Phi) is 4.49. The van der Waals surface area contributed by atoms with Crippen molar-refractivity contribution in [1.29, 1.82) is 0 Å². The van der Waals surface area contributed by atoms with E-state index in [1.807, 2.05) is 17.5 Å². The quantitative estimate of drug-likeness (QED) is 0.786. The van der Waals surface area contributed by atoms with E-state index in [-0.39, 0.29) is 5.69 Å². The Morgan fingerprint density at radius 3 is 3.00 bits per heavy atom. The van der Waals surface area contributed by atoms with Crippen LogP contribution in [0.4, 0.5) is 0 Å². The van der Waals surface area contributed by atoms with E-state index >= 15 is 0 Å². The van der Waals surface area contributed by atoms with E-state index < -0.39 is 24.5 Å². The minimum Gasteiger partial charge on any atom is -0.467 e. The summed E-state index contributed by atoms with van der Waals surface area (Å²) in [6.45, 7) is -0.561. The number of esters is 1. The van der Waals surface area contributed by atoms with Gasteiger partial charge in [-0.15, -0.1) is 11.3 Å². The lowest BCUT2D eigenvalue weighted by Crippen LogP contribution is -2.44. The molecule has 2 aromatic rings. The van der Waals surface area contributed by atoms with Gasteiger partial charge in [-0.05, 0) is 11.4 Å². The summed E-state index contributed by atoms with van der Waals surface area (Å²) in [5.74, 6) is -0.896. The van der Waals surface area contributed by atoms with Crippen molar-refractivity contribution in [3.8, 4) is 10.6 Å². The van der Waals surface area contributed by atoms with E-state index in [4.69, 9.17) is 9.63 Å². The third-order valence-corrected chi connectivity index (χ3v) is 3.36. The van der Waals surface area contributed by atoms with Crippen molar-refractivity contribution < 1.29 is 24.0 Å². The van der Waals surface area contributed by atoms with E-state index in [1.165, 1.54) is 24.5 Å². The average Bonchev–Trinajstić information content (AvgIpc) is 3.13. The highest BCUT2D eigenvalue weighted by Gasteiger charge is 2.23. The van der Waals surface area contributed by atoms with Crippen molar-refractivity contribution in [1.82, 2.24) is 10.5 Å². The van der Waals surface area contributed by atoms with Crippen LogP contribution in [0, 0.1) is 0 Å². The molecule has 106 valence electrons. The van der Waals surface area contributed by atoms with Crippen LogP contribution < -0.4 is 5.32 Å². The number of rotatable bonds is 5. The fraction of sp³-hybridized carbons (Fsp3) is 0.250. The first-order chi connectivity index (χ1) is 9.65. The van der Waals surface area contributed by atoms with Crippen LogP contribution in [0.25, 0.3) is 10.6 Å². The fourth-order valence-electron chi connectivity index (χ4n) is 1.47. The van der Waals surface area contributed by atoms with Crippen LogP contribution >= 0.6 is 11.3 Å². The molecule has 0 aliphatic rings. The Balaban J connectivity index is 2.08. The van der Waals surface area contributed by atoms with Gasteiger partial charge in [0.15, 0.2) is 17.5 Å². The molecule has 0 radical (unpaired) electrons. The van der Waals surface area contributed by atoms with Crippen molar-refractivity contribution in [3.05, 3.63) is 29.3 Å². The van der Waals surface area contributed by atoms with Crippen LogP contribution in [-0.2, 0) is 9.53 Å². The number of aliphatic hydroxyl groups excluding tert-OH is 1. The first kappa shape index (κ1) is 14.2. The maximum absolute atomic E-state index is 11.9. The third kappa shape index (κ3) is 3.03. The van der Waals surface area contributed by atoms with Gasteiger partial charge in [0.1, 0.15) is 0 Å². The summed E-state index contributed by atoms with van der Waals surface area (Å²) in [7, 11) is 1.17. The number of methoxy groups -OCH3 is 1. The first-order valence-corrected chi connectivity index (χ1v) is 6.53. The number of nitrogens with zero attached hydrogens (tertiary/aromatic N) is 1. The summed E-state index contributed by atoms with van der Waals surface area (Å²) < 4.78 is 9.50. The average molecular weight is 296 g/mol. The Bertz CT molecular complexity index is 593. The van der Waals surface area contributed by atoms with Crippen LogP contribution in [0.15, 0.2) is 28.1 Å². The summed E-state index contributed by atoms with van der Waals surface area (Å²) in [4.78, 5) is 24.0. The molecule has 0 aliphatic carbocycles. The first-order valence-electron chi connectivity index (χ1n) is 5.66. The van der Waals surface area contributed by atoms with Gasteiger partial charge >= 0.3 is 5.97 Å².